The van der Waals surface area contributed by atoms with Gasteiger partial charge in [0, 0.05) is 24.7 Å². The van der Waals surface area contributed by atoms with Gasteiger partial charge in [-0.15, -0.1) is 0 Å². The first-order valence-electron chi connectivity index (χ1n) is 16.1. The van der Waals surface area contributed by atoms with Crippen molar-refractivity contribution in [3.8, 4) is 5.75 Å². The molecule has 6 heteroatoms. The van der Waals surface area contributed by atoms with Crippen molar-refractivity contribution in [2.45, 2.75) is 105 Å². The molecule has 1 saturated heterocycles. The van der Waals surface area contributed by atoms with Gasteiger partial charge >= 0.3 is 6.09 Å². The first kappa shape index (κ1) is 33.9. The number of hydrogen-bond donors (Lipinski definition) is 2. The molecule has 2 aromatic carbocycles. The zero-order valence-electron chi connectivity index (χ0n) is 27.2. The van der Waals surface area contributed by atoms with E-state index < -0.39 is 6.09 Å². The Bertz CT molecular complexity index is 1050. The van der Waals surface area contributed by atoms with Gasteiger partial charge in [-0.25, -0.2) is 4.79 Å². The summed E-state index contributed by atoms with van der Waals surface area (Å²) < 4.78 is 6.31. The lowest BCUT2D eigenvalue weighted by molar-refractivity contribution is 0.0828. The van der Waals surface area contributed by atoms with Gasteiger partial charge in [-0.1, -0.05) is 82.1 Å². The Morgan fingerprint density at radius 2 is 1.60 bits per heavy atom. The highest BCUT2D eigenvalue weighted by Crippen LogP contribution is 2.30. The molecule has 0 saturated carbocycles. The maximum Gasteiger partial charge on any atom is 0.404 e. The Morgan fingerprint density at radius 1 is 0.952 bits per heavy atom. The van der Waals surface area contributed by atoms with E-state index in [-0.39, 0.29) is 17.1 Å². The summed E-state index contributed by atoms with van der Waals surface area (Å²) >= 11 is 0. The van der Waals surface area contributed by atoms with Gasteiger partial charge in [0.1, 0.15) is 11.4 Å². The van der Waals surface area contributed by atoms with Crippen LogP contribution in [-0.2, 0) is 13.0 Å². The van der Waals surface area contributed by atoms with E-state index in [1.165, 1.54) is 63.7 Å². The second kappa shape index (κ2) is 16.3. The molecule has 2 aromatic rings. The summed E-state index contributed by atoms with van der Waals surface area (Å²) in [6.45, 7) is 18.5. The number of benzene rings is 2. The Balaban J connectivity index is 1.50. The summed E-state index contributed by atoms with van der Waals surface area (Å²) in [6.07, 6.45) is 7.63. The highest BCUT2D eigenvalue weighted by atomic mass is 16.5. The van der Waals surface area contributed by atoms with Crippen molar-refractivity contribution in [2.24, 2.45) is 11.3 Å². The van der Waals surface area contributed by atoms with Crippen LogP contribution in [0.2, 0.25) is 0 Å². The van der Waals surface area contributed by atoms with Crippen LogP contribution in [0.25, 0.3) is 0 Å². The first-order valence-corrected chi connectivity index (χ1v) is 16.1. The van der Waals surface area contributed by atoms with Gasteiger partial charge in [-0.2, -0.15) is 0 Å². The topological polar surface area (TPSA) is 65.0 Å². The van der Waals surface area contributed by atoms with Crippen molar-refractivity contribution in [3.05, 3.63) is 65.7 Å². The molecular weight excluding hydrogens is 522 g/mol. The number of ether oxygens (including phenoxy) is 1. The van der Waals surface area contributed by atoms with Crippen LogP contribution in [0.15, 0.2) is 54.6 Å². The number of rotatable bonds is 15. The van der Waals surface area contributed by atoms with Crippen LogP contribution >= 0.6 is 0 Å². The molecule has 0 spiro atoms. The number of hydrogen-bond acceptors (Lipinski definition) is 4. The second-order valence-electron chi connectivity index (χ2n) is 14.2. The molecule has 3 rings (SSSR count). The van der Waals surface area contributed by atoms with Gasteiger partial charge in [0.15, 0.2) is 0 Å². The summed E-state index contributed by atoms with van der Waals surface area (Å²) in [5.41, 5.74) is 2.25. The predicted octanol–water partition coefficient (Wildman–Crippen LogP) is 7.86. The molecule has 0 aliphatic carbocycles. The van der Waals surface area contributed by atoms with Crippen molar-refractivity contribution in [3.63, 3.8) is 0 Å². The summed E-state index contributed by atoms with van der Waals surface area (Å²) in [5, 5.41) is 12.1. The fourth-order valence-corrected chi connectivity index (χ4v) is 6.16. The lowest BCUT2D eigenvalue weighted by atomic mass is 9.85. The molecule has 1 aliphatic heterocycles. The van der Waals surface area contributed by atoms with Crippen LogP contribution in [0.3, 0.4) is 0 Å². The molecule has 1 amide bonds. The van der Waals surface area contributed by atoms with E-state index in [0.717, 1.165) is 36.7 Å². The number of nitrogens with one attached hydrogen (secondary N) is 1. The van der Waals surface area contributed by atoms with Gasteiger partial charge in [-0.3, -0.25) is 4.90 Å². The van der Waals surface area contributed by atoms with Crippen molar-refractivity contribution in [1.82, 2.24) is 15.1 Å². The predicted molar refractivity (Wildman–Crippen MR) is 174 cm³/mol. The number of carboxylic acid groups (broad SMARTS) is 1. The average Bonchev–Trinajstić information content (AvgIpc) is 2.91. The quantitative estimate of drug-likeness (QED) is 0.210. The molecule has 0 bridgehead atoms. The van der Waals surface area contributed by atoms with E-state index in [4.69, 9.17) is 4.74 Å². The number of likely N-dealkylation sites (tertiary alicyclic amines) is 1. The molecule has 1 aliphatic rings. The first-order chi connectivity index (χ1) is 19.9. The molecule has 2 N–H and O–H groups in total. The van der Waals surface area contributed by atoms with Gasteiger partial charge < -0.3 is 20.1 Å². The molecule has 1 atom stereocenters. The van der Waals surface area contributed by atoms with E-state index in [9.17, 15) is 9.90 Å². The van der Waals surface area contributed by atoms with Gasteiger partial charge in [0.2, 0.25) is 0 Å². The Hall–Kier alpha value is -2.57. The molecule has 0 aromatic heterocycles. The Labute approximate surface area is 255 Å². The number of carbonyl (C=O) groups is 1. The van der Waals surface area contributed by atoms with Crippen molar-refractivity contribution >= 4 is 6.09 Å². The van der Waals surface area contributed by atoms with Crippen LogP contribution in [0, 0.1) is 11.3 Å². The standard InChI is InChI=1S/C36H57N3O3/c1-35(2,3)33(27-37-34(40)41)39(28-31-18-12-13-19-32(31)42-36(4,5)6)23-15-8-7-14-22-38-24-20-30(21-25-38)26-29-16-10-9-11-17-29/h9-13,16-19,30,33,37H,7-8,14-15,20-28H2,1-6H3,(H,40,41). The zero-order valence-corrected chi connectivity index (χ0v) is 27.2. The monoisotopic (exact) mass is 579 g/mol. The summed E-state index contributed by atoms with van der Waals surface area (Å²) in [4.78, 5) is 16.6. The van der Waals surface area contributed by atoms with Gasteiger partial charge in [0.25, 0.3) is 0 Å². The molecule has 1 unspecified atom stereocenters. The van der Waals surface area contributed by atoms with Crippen LogP contribution < -0.4 is 10.1 Å². The number of nitrogens with zero attached hydrogens (tertiary/aromatic N) is 2. The molecule has 6 nitrogen and oxygen atoms in total. The third-order valence-electron chi connectivity index (χ3n) is 8.39. The molecule has 1 fully saturated rings. The minimum absolute atomic E-state index is 0.0634. The van der Waals surface area contributed by atoms with Crippen molar-refractivity contribution < 1.29 is 14.6 Å². The number of piperidine rings is 1. The van der Waals surface area contributed by atoms with E-state index in [0.29, 0.717) is 6.54 Å². The molecule has 42 heavy (non-hydrogen) atoms. The summed E-state index contributed by atoms with van der Waals surface area (Å²) in [5.74, 6) is 1.72. The summed E-state index contributed by atoms with van der Waals surface area (Å²) in [7, 11) is 0. The van der Waals surface area contributed by atoms with E-state index >= 15 is 0 Å². The maximum absolute atomic E-state index is 11.4. The highest BCUT2D eigenvalue weighted by molar-refractivity contribution is 5.64. The van der Waals surface area contributed by atoms with Crippen molar-refractivity contribution in [1.29, 1.82) is 0 Å². The second-order valence-corrected chi connectivity index (χ2v) is 14.2. The van der Waals surface area contributed by atoms with Crippen molar-refractivity contribution in [2.75, 3.05) is 32.7 Å². The van der Waals surface area contributed by atoms with Crippen LogP contribution in [0.5, 0.6) is 5.75 Å². The third-order valence-corrected chi connectivity index (χ3v) is 8.39. The van der Waals surface area contributed by atoms with Gasteiger partial charge in [0.05, 0.1) is 0 Å². The minimum atomic E-state index is -0.968. The van der Waals surface area contributed by atoms with Crippen LogP contribution in [0.4, 0.5) is 4.79 Å². The Kier molecular flexibility index (Phi) is 13.2. The van der Waals surface area contributed by atoms with Gasteiger partial charge in [-0.05, 0) is 102 Å². The highest BCUT2D eigenvalue weighted by Gasteiger charge is 2.31. The fourth-order valence-electron chi connectivity index (χ4n) is 6.16. The molecule has 234 valence electrons. The number of amides is 1. The molecule has 1 heterocycles. The third kappa shape index (κ3) is 12.3. The van der Waals surface area contributed by atoms with Crippen LogP contribution in [0.1, 0.15) is 91.2 Å². The molecular formula is C36H57N3O3. The number of para-hydroxylation sites is 1. The maximum atomic E-state index is 11.4. The summed E-state index contributed by atoms with van der Waals surface area (Å²) in [6, 6.07) is 19.3. The number of unbranched alkanes of at least 4 members (excludes halogenated alkanes) is 3. The normalized spacial score (nSPS) is 16.0. The minimum Gasteiger partial charge on any atom is -0.488 e. The van der Waals surface area contributed by atoms with E-state index in [1.54, 1.807) is 0 Å². The lowest BCUT2D eigenvalue weighted by Crippen LogP contribution is -2.50. The smallest absolute Gasteiger partial charge is 0.404 e. The average molecular weight is 580 g/mol. The van der Waals surface area contributed by atoms with E-state index in [2.05, 4.69) is 99.1 Å². The molecule has 0 radical (unpaired) electrons. The van der Waals surface area contributed by atoms with Crippen LogP contribution in [-0.4, -0.2) is 65.4 Å². The van der Waals surface area contributed by atoms with E-state index in [1.807, 2.05) is 12.1 Å². The Morgan fingerprint density at radius 3 is 2.24 bits per heavy atom. The SMILES string of the molecule is CC(C)(C)Oc1ccccc1CN(CCCCCCN1CCC(Cc2ccccc2)CC1)C(CNC(=O)O)C(C)(C)C. The largest absolute Gasteiger partial charge is 0.488 e. The zero-order chi connectivity index (χ0) is 30.6. The lowest BCUT2D eigenvalue weighted by Gasteiger charge is -2.41. The fraction of sp³-hybridized carbons (Fsp3) is 0.639.